The van der Waals surface area contributed by atoms with Crippen molar-refractivity contribution in [2.24, 2.45) is 0 Å². The van der Waals surface area contributed by atoms with Gasteiger partial charge in [0.15, 0.2) is 6.10 Å². The summed E-state index contributed by atoms with van der Waals surface area (Å²) in [6.45, 7) is 1.04. The van der Waals surface area contributed by atoms with E-state index >= 15 is 0 Å². The van der Waals surface area contributed by atoms with Gasteiger partial charge in [0.1, 0.15) is 0 Å². The number of aliphatic hydroxyl groups excluding tert-OH is 1. The second kappa shape index (κ2) is 7.04. The third kappa shape index (κ3) is 8.62. The quantitative estimate of drug-likeness (QED) is 0.564. The molecule has 0 spiro atoms. The standard InChI is InChI=1S/C9H15F3N2O4/c1-5(4-9(10,11)12)14-8(18)13-3-2-6(15)7(16)17/h5-6,15H,2-4H2,1H3,(H,16,17)(H2,13,14,18)/t5?,6-/m0/s1. The topological polar surface area (TPSA) is 98.7 Å². The Morgan fingerprint density at radius 3 is 2.33 bits per heavy atom. The van der Waals surface area contributed by atoms with Gasteiger partial charge < -0.3 is 20.8 Å². The second-order valence-corrected chi connectivity index (χ2v) is 3.76. The molecule has 0 fully saturated rings. The summed E-state index contributed by atoms with van der Waals surface area (Å²) < 4.78 is 35.8. The minimum atomic E-state index is -4.37. The van der Waals surface area contributed by atoms with Crippen molar-refractivity contribution in [1.82, 2.24) is 10.6 Å². The van der Waals surface area contributed by atoms with Crippen LogP contribution in [0, 0.1) is 0 Å². The van der Waals surface area contributed by atoms with Gasteiger partial charge in [-0.25, -0.2) is 9.59 Å². The highest BCUT2D eigenvalue weighted by molar-refractivity contribution is 5.74. The molecule has 0 aromatic heterocycles. The van der Waals surface area contributed by atoms with Crippen molar-refractivity contribution in [2.45, 2.75) is 38.1 Å². The molecular weight excluding hydrogens is 257 g/mol. The SMILES string of the molecule is CC(CC(F)(F)F)NC(=O)NCC[C@H](O)C(=O)O. The Balaban J connectivity index is 3.81. The molecule has 0 aromatic rings. The first-order chi connectivity index (χ1) is 8.11. The summed E-state index contributed by atoms with van der Waals surface area (Å²) >= 11 is 0. The van der Waals surface area contributed by atoms with Crippen molar-refractivity contribution in [3.63, 3.8) is 0 Å². The molecule has 0 saturated carbocycles. The molecule has 6 nitrogen and oxygen atoms in total. The molecule has 0 aliphatic heterocycles. The van der Waals surface area contributed by atoms with E-state index in [0.717, 1.165) is 0 Å². The van der Waals surface area contributed by atoms with Gasteiger partial charge in [0, 0.05) is 19.0 Å². The van der Waals surface area contributed by atoms with Gasteiger partial charge in [-0.3, -0.25) is 0 Å². The van der Waals surface area contributed by atoms with Gasteiger partial charge in [0.25, 0.3) is 0 Å². The maximum absolute atomic E-state index is 11.9. The normalized spacial score (nSPS) is 14.7. The van der Waals surface area contributed by atoms with Crippen molar-refractivity contribution in [2.75, 3.05) is 6.54 Å². The van der Waals surface area contributed by atoms with E-state index in [0.29, 0.717) is 0 Å². The van der Waals surface area contributed by atoms with Crippen LogP contribution in [0.25, 0.3) is 0 Å². The average Bonchev–Trinajstić information content (AvgIpc) is 2.13. The summed E-state index contributed by atoms with van der Waals surface area (Å²) in [5.41, 5.74) is 0. The van der Waals surface area contributed by atoms with E-state index in [1.54, 1.807) is 0 Å². The maximum atomic E-state index is 11.9. The number of carboxylic acid groups (broad SMARTS) is 1. The lowest BCUT2D eigenvalue weighted by molar-refractivity contribution is -0.146. The first-order valence-electron chi connectivity index (χ1n) is 5.14. The van der Waals surface area contributed by atoms with Gasteiger partial charge in [-0.15, -0.1) is 0 Å². The number of nitrogens with one attached hydrogen (secondary N) is 2. The molecule has 0 aliphatic rings. The van der Waals surface area contributed by atoms with Crippen LogP contribution in [0.2, 0.25) is 0 Å². The monoisotopic (exact) mass is 272 g/mol. The van der Waals surface area contributed by atoms with Gasteiger partial charge in [0.05, 0.1) is 6.42 Å². The zero-order chi connectivity index (χ0) is 14.3. The number of hydrogen-bond acceptors (Lipinski definition) is 3. The number of amides is 2. The van der Waals surface area contributed by atoms with E-state index in [4.69, 9.17) is 10.2 Å². The molecule has 0 aliphatic carbocycles. The number of hydrogen-bond donors (Lipinski definition) is 4. The van der Waals surface area contributed by atoms with Crippen molar-refractivity contribution in [1.29, 1.82) is 0 Å². The molecule has 9 heteroatoms. The summed E-state index contributed by atoms with van der Waals surface area (Å²) in [6.07, 6.45) is -7.36. The van der Waals surface area contributed by atoms with Gasteiger partial charge in [-0.2, -0.15) is 13.2 Å². The molecule has 0 aromatic carbocycles. The average molecular weight is 272 g/mol. The summed E-state index contributed by atoms with van der Waals surface area (Å²) in [7, 11) is 0. The Hall–Kier alpha value is -1.51. The van der Waals surface area contributed by atoms with E-state index < -0.39 is 36.7 Å². The van der Waals surface area contributed by atoms with Crippen LogP contribution in [-0.2, 0) is 4.79 Å². The second-order valence-electron chi connectivity index (χ2n) is 3.76. The van der Waals surface area contributed by atoms with E-state index in [9.17, 15) is 22.8 Å². The number of carbonyl (C=O) groups excluding carboxylic acids is 1. The third-order valence-corrected chi connectivity index (χ3v) is 1.90. The van der Waals surface area contributed by atoms with Crippen LogP contribution in [-0.4, -0.2) is 47.1 Å². The number of halogens is 3. The van der Waals surface area contributed by atoms with Crippen LogP contribution in [0.1, 0.15) is 19.8 Å². The molecule has 4 N–H and O–H groups in total. The van der Waals surface area contributed by atoms with Crippen molar-refractivity contribution in [3.05, 3.63) is 0 Å². The maximum Gasteiger partial charge on any atom is 0.391 e. The van der Waals surface area contributed by atoms with E-state index in [2.05, 4.69) is 5.32 Å². The van der Waals surface area contributed by atoms with Crippen LogP contribution in [0.3, 0.4) is 0 Å². The highest BCUT2D eigenvalue weighted by atomic mass is 19.4. The summed E-state index contributed by atoms with van der Waals surface area (Å²) in [4.78, 5) is 21.3. The summed E-state index contributed by atoms with van der Waals surface area (Å²) in [6, 6.07) is -1.93. The van der Waals surface area contributed by atoms with E-state index in [1.807, 2.05) is 5.32 Å². The van der Waals surface area contributed by atoms with Crippen LogP contribution in [0.5, 0.6) is 0 Å². The van der Waals surface area contributed by atoms with Crippen molar-refractivity contribution in [3.8, 4) is 0 Å². The minimum Gasteiger partial charge on any atom is -0.479 e. The molecule has 0 heterocycles. The largest absolute Gasteiger partial charge is 0.479 e. The predicted octanol–water partition coefficient (Wildman–Crippen LogP) is 0.462. The van der Waals surface area contributed by atoms with Gasteiger partial charge in [-0.05, 0) is 6.92 Å². The van der Waals surface area contributed by atoms with Crippen molar-refractivity contribution >= 4 is 12.0 Å². The Labute approximate surface area is 101 Å². The highest BCUT2D eigenvalue weighted by Crippen LogP contribution is 2.21. The van der Waals surface area contributed by atoms with Gasteiger partial charge in [-0.1, -0.05) is 0 Å². The highest BCUT2D eigenvalue weighted by Gasteiger charge is 2.30. The number of aliphatic carboxylic acids is 1. The Bertz CT molecular complexity index is 296. The Kier molecular flexibility index (Phi) is 6.45. The molecule has 0 bridgehead atoms. The minimum absolute atomic E-state index is 0.155. The number of carboxylic acids is 1. The molecule has 0 radical (unpaired) electrons. The number of carbonyl (C=O) groups is 2. The zero-order valence-corrected chi connectivity index (χ0v) is 9.62. The predicted molar refractivity (Wildman–Crippen MR) is 54.9 cm³/mol. The molecule has 1 unspecified atom stereocenters. The van der Waals surface area contributed by atoms with Gasteiger partial charge in [0.2, 0.25) is 0 Å². The molecule has 0 rings (SSSR count). The Morgan fingerprint density at radius 1 is 1.33 bits per heavy atom. The number of urea groups is 1. The zero-order valence-electron chi connectivity index (χ0n) is 9.62. The van der Waals surface area contributed by atoms with Crippen LogP contribution >= 0.6 is 0 Å². The lowest BCUT2D eigenvalue weighted by Crippen LogP contribution is -2.43. The smallest absolute Gasteiger partial charge is 0.391 e. The molecule has 2 atom stereocenters. The third-order valence-electron chi connectivity index (χ3n) is 1.90. The molecule has 2 amide bonds. The van der Waals surface area contributed by atoms with Crippen LogP contribution < -0.4 is 10.6 Å². The summed E-state index contributed by atoms with van der Waals surface area (Å²) in [5.74, 6) is -1.43. The van der Waals surface area contributed by atoms with Crippen LogP contribution in [0.4, 0.5) is 18.0 Å². The first-order valence-corrected chi connectivity index (χ1v) is 5.14. The Morgan fingerprint density at radius 2 is 1.89 bits per heavy atom. The van der Waals surface area contributed by atoms with Crippen molar-refractivity contribution < 1.29 is 33.0 Å². The van der Waals surface area contributed by atoms with E-state index in [-0.39, 0.29) is 13.0 Å². The van der Waals surface area contributed by atoms with Crippen LogP contribution in [0.15, 0.2) is 0 Å². The molecule has 0 saturated heterocycles. The van der Waals surface area contributed by atoms with Gasteiger partial charge >= 0.3 is 18.2 Å². The summed E-state index contributed by atoms with van der Waals surface area (Å²) in [5, 5.41) is 21.4. The number of aliphatic hydroxyl groups is 1. The molecular formula is C9H15F3N2O4. The fourth-order valence-corrected chi connectivity index (χ4v) is 1.12. The van der Waals surface area contributed by atoms with E-state index in [1.165, 1.54) is 6.92 Å². The first kappa shape index (κ1) is 16.5. The lowest BCUT2D eigenvalue weighted by Gasteiger charge is -2.16. The lowest BCUT2D eigenvalue weighted by atomic mass is 10.2. The fraction of sp³-hybridized carbons (Fsp3) is 0.778. The number of alkyl halides is 3. The fourth-order valence-electron chi connectivity index (χ4n) is 1.12. The molecule has 106 valence electrons. The number of rotatable bonds is 6. The molecule has 18 heavy (non-hydrogen) atoms.